The molecule has 0 aliphatic heterocycles. The fraction of sp³-hybridized carbons (Fsp3) is 0.0400. The van der Waals surface area contributed by atoms with E-state index >= 15 is 0 Å². The van der Waals surface area contributed by atoms with Gasteiger partial charge in [0.15, 0.2) is 0 Å². The van der Waals surface area contributed by atoms with Crippen molar-refractivity contribution in [2.24, 2.45) is 0 Å². The third-order valence-corrected chi connectivity index (χ3v) is 5.92. The van der Waals surface area contributed by atoms with E-state index in [-0.39, 0.29) is 0 Å². The average Bonchev–Trinajstić information content (AvgIpc) is 2.98. The van der Waals surface area contributed by atoms with Crippen molar-refractivity contribution in [3.8, 4) is 11.1 Å². The number of anilines is 4. The Morgan fingerprint density at radius 3 is 1.28 bits per heavy atom. The van der Waals surface area contributed by atoms with Crippen molar-refractivity contribution >= 4 is 22.7 Å². The van der Waals surface area contributed by atoms with Gasteiger partial charge in [0.1, 0.15) is 0 Å². The smallest absolute Gasteiger partial charge is 0.0753 e. The van der Waals surface area contributed by atoms with Gasteiger partial charge in [0.25, 0.3) is 0 Å². The molecule has 4 aromatic carbocycles. The predicted molar refractivity (Wildman–Crippen MR) is 121 cm³/mol. The molecule has 0 radical (unpaired) electrons. The molecule has 1 aliphatic carbocycles. The number of benzene rings is 4. The molecule has 29 heavy (non-hydrogen) atoms. The van der Waals surface area contributed by atoms with Crippen LogP contribution in [0.15, 0.2) is 84.9 Å². The predicted octanol–water partition coefficient (Wildman–Crippen LogP) is 4.38. The molecule has 0 aromatic heterocycles. The van der Waals surface area contributed by atoms with Gasteiger partial charge in [-0.05, 0) is 69.8 Å². The molecule has 4 nitrogen and oxygen atoms in total. The van der Waals surface area contributed by atoms with Crippen LogP contribution in [0.3, 0.4) is 0 Å². The second kappa shape index (κ2) is 6.04. The zero-order valence-corrected chi connectivity index (χ0v) is 15.9. The van der Waals surface area contributed by atoms with Crippen molar-refractivity contribution in [2.45, 2.75) is 5.41 Å². The van der Waals surface area contributed by atoms with E-state index < -0.39 is 5.41 Å². The lowest BCUT2D eigenvalue weighted by molar-refractivity contribution is 0.774. The Kier molecular flexibility index (Phi) is 3.58. The van der Waals surface area contributed by atoms with E-state index in [1.807, 2.05) is 60.7 Å². The normalized spacial score (nSPS) is 13.7. The highest BCUT2D eigenvalue weighted by molar-refractivity contribution is 5.91. The van der Waals surface area contributed by atoms with Crippen LogP contribution < -0.4 is 22.9 Å². The lowest BCUT2D eigenvalue weighted by atomic mass is 9.66. The van der Waals surface area contributed by atoms with Gasteiger partial charge >= 0.3 is 0 Å². The zero-order chi connectivity index (χ0) is 20.2. The third kappa shape index (κ3) is 2.26. The van der Waals surface area contributed by atoms with Gasteiger partial charge in [-0.25, -0.2) is 0 Å². The summed E-state index contributed by atoms with van der Waals surface area (Å²) in [5, 5.41) is 0. The molecule has 0 heterocycles. The summed E-state index contributed by atoms with van der Waals surface area (Å²) in [7, 11) is 0. The summed E-state index contributed by atoms with van der Waals surface area (Å²) >= 11 is 0. The number of nitrogen functional groups attached to an aromatic ring is 4. The minimum atomic E-state index is -0.650. The second-order valence-corrected chi connectivity index (χ2v) is 7.53. The summed E-state index contributed by atoms with van der Waals surface area (Å²) in [4.78, 5) is 0. The van der Waals surface area contributed by atoms with E-state index in [0.717, 1.165) is 33.4 Å². The van der Waals surface area contributed by atoms with Crippen LogP contribution in [-0.4, -0.2) is 0 Å². The minimum Gasteiger partial charge on any atom is -0.399 e. The third-order valence-electron chi connectivity index (χ3n) is 5.92. The minimum absolute atomic E-state index is 0.650. The Morgan fingerprint density at radius 2 is 0.862 bits per heavy atom. The van der Waals surface area contributed by atoms with E-state index in [1.165, 1.54) is 0 Å². The molecule has 0 amide bonds. The van der Waals surface area contributed by atoms with Gasteiger partial charge in [0.05, 0.1) is 5.41 Å². The summed E-state index contributed by atoms with van der Waals surface area (Å²) in [6.07, 6.45) is 0. The Hall–Kier alpha value is -3.92. The number of fused-ring (bicyclic) bond motifs is 3. The first kappa shape index (κ1) is 17.2. The van der Waals surface area contributed by atoms with E-state index in [1.54, 1.807) is 0 Å². The van der Waals surface area contributed by atoms with Crippen molar-refractivity contribution in [2.75, 3.05) is 22.9 Å². The van der Waals surface area contributed by atoms with Crippen LogP contribution in [0.2, 0.25) is 0 Å². The van der Waals surface area contributed by atoms with Crippen LogP contribution in [0, 0.1) is 0 Å². The maximum absolute atomic E-state index is 6.56. The van der Waals surface area contributed by atoms with Gasteiger partial charge in [-0.1, -0.05) is 48.5 Å². The van der Waals surface area contributed by atoms with Crippen molar-refractivity contribution in [3.05, 3.63) is 107 Å². The first-order valence-corrected chi connectivity index (χ1v) is 9.54. The highest BCUT2D eigenvalue weighted by atomic mass is 14.6. The zero-order valence-electron chi connectivity index (χ0n) is 15.9. The van der Waals surface area contributed by atoms with Gasteiger partial charge in [-0.3, -0.25) is 0 Å². The van der Waals surface area contributed by atoms with Crippen LogP contribution >= 0.6 is 0 Å². The summed E-state index contributed by atoms with van der Waals surface area (Å²) in [5.41, 5.74) is 33.9. The summed E-state index contributed by atoms with van der Waals surface area (Å²) in [6, 6.07) is 28.0. The molecule has 0 unspecified atom stereocenters. The largest absolute Gasteiger partial charge is 0.399 e. The lowest BCUT2D eigenvalue weighted by Gasteiger charge is -2.35. The van der Waals surface area contributed by atoms with E-state index in [0.29, 0.717) is 22.7 Å². The van der Waals surface area contributed by atoms with Gasteiger partial charge in [-0.15, -0.1) is 0 Å². The van der Waals surface area contributed by atoms with E-state index in [4.69, 9.17) is 22.9 Å². The number of hydrogen-bond acceptors (Lipinski definition) is 4. The van der Waals surface area contributed by atoms with Crippen LogP contribution in [0.5, 0.6) is 0 Å². The first-order chi connectivity index (χ1) is 14.0. The maximum Gasteiger partial charge on any atom is 0.0753 e. The Bertz CT molecular complexity index is 1160. The molecule has 0 atom stereocenters. The van der Waals surface area contributed by atoms with Crippen molar-refractivity contribution < 1.29 is 0 Å². The Balaban J connectivity index is 2.03. The SMILES string of the molecule is Nc1ccc2c(c1)-c1cc(N)ccc1C2(c1ccccc1N)c1ccccc1N. The summed E-state index contributed by atoms with van der Waals surface area (Å²) in [5.74, 6) is 0. The molecule has 8 N–H and O–H groups in total. The molecule has 4 aromatic rings. The molecular formula is C25H22N4. The maximum atomic E-state index is 6.56. The fourth-order valence-electron chi connectivity index (χ4n) is 4.77. The second-order valence-electron chi connectivity index (χ2n) is 7.53. The Morgan fingerprint density at radius 1 is 0.448 bits per heavy atom. The first-order valence-electron chi connectivity index (χ1n) is 9.54. The number of rotatable bonds is 2. The van der Waals surface area contributed by atoms with Crippen LogP contribution in [-0.2, 0) is 5.41 Å². The highest BCUT2D eigenvalue weighted by Crippen LogP contribution is 2.58. The molecule has 0 fully saturated rings. The summed E-state index contributed by atoms with van der Waals surface area (Å²) < 4.78 is 0. The molecule has 142 valence electrons. The standard InChI is InChI=1S/C25H22N4/c26-15-9-11-19-17(13-15)18-14-16(27)10-12-20(18)25(19,21-5-1-3-7-23(21)28)22-6-2-4-8-24(22)29/h1-14H,26-29H2. The van der Waals surface area contributed by atoms with Gasteiger partial charge in [0, 0.05) is 22.7 Å². The number of nitrogens with two attached hydrogens (primary N) is 4. The molecule has 0 saturated heterocycles. The lowest BCUT2D eigenvalue weighted by Crippen LogP contribution is -2.30. The monoisotopic (exact) mass is 378 g/mol. The van der Waals surface area contributed by atoms with Gasteiger partial charge in [0.2, 0.25) is 0 Å². The highest BCUT2D eigenvalue weighted by Gasteiger charge is 2.48. The average molecular weight is 378 g/mol. The molecular weight excluding hydrogens is 356 g/mol. The molecule has 1 aliphatic rings. The number of para-hydroxylation sites is 2. The molecule has 0 saturated carbocycles. The summed E-state index contributed by atoms with van der Waals surface area (Å²) in [6.45, 7) is 0. The quantitative estimate of drug-likeness (QED) is 0.342. The molecule has 4 heteroatoms. The van der Waals surface area contributed by atoms with Crippen molar-refractivity contribution in [1.29, 1.82) is 0 Å². The van der Waals surface area contributed by atoms with Crippen molar-refractivity contribution in [3.63, 3.8) is 0 Å². The fourth-order valence-corrected chi connectivity index (χ4v) is 4.77. The molecule has 5 rings (SSSR count). The number of hydrogen-bond donors (Lipinski definition) is 4. The van der Waals surface area contributed by atoms with Gasteiger partial charge < -0.3 is 22.9 Å². The van der Waals surface area contributed by atoms with Crippen LogP contribution in [0.25, 0.3) is 11.1 Å². The Labute approximate surface area is 169 Å². The molecule has 0 spiro atoms. The van der Waals surface area contributed by atoms with E-state index in [2.05, 4.69) is 24.3 Å². The van der Waals surface area contributed by atoms with Crippen LogP contribution in [0.4, 0.5) is 22.7 Å². The molecule has 0 bridgehead atoms. The van der Waals surface area contributed by atoms with Gasteiger partial charge in [-0.2, -0.15) is 0 Å². The van der Waals surface area contributed by atoms with Crippen LogP contribution in [0.1, 0.15) is 22.3 Å². The topological polar surface area (TPSA) is 104 Å². The van der Waals surface area contributed by atoms with Crippen molar-refractivity contribution in [1.82, 2.24) is 0 Å². The van der Waals surface area contributed by atoms with E-state index in [9.17, 15) is 0 Å².